The highest BCUT2D eigenvalue weighted by Gasteiger charge is 2.12. The number of ether oxygens (including phenoxy) is 1. The fraction of sp³-hybridized carbons (Fsp3) is 0.333. The van der Waals surface area contributed by atoms with E-state index in [0.29, 0.717) is 12.3 Å². The minimum atomic E-state index is -0.179. The van der Waals surface area contributed by atoms with Crippen LogP contribution in [0.15, 0.2) is 42.5 Å². The predicted octanol–water partition coefficient (Wildman–Crippen LogP) is 3.21. The van der Waals surface area contributed by atoms with E-state index < -0.39 is 0 Å². The average Bonchev–Trinajstić information content (AvgIpc) is 2.60. The van der Waals surface area contributed by atoms with E-state index in [0.717, 1.165) is 22.6 Å². The van der Waals surface area contributed by atoms with Gasteiger partial charge in [0.05, 0.1) is 19.7 Å². The summed E-state index contributed by atoms with van der Waals surface area (Å²) in [7, 11) is 1.74. The van der Waals surface area contributed by atoms with Crippen molar-refractivity contribution in [2.24, 2.45) is 0 Å². The Hall–Kier alpha value is -2.86. The van der Waals surface area contributed by atoms with E-state index >= 15 is 0 Å². The Kier molecular flexibility index (Phi) is 7.37. The molecule has 0 fully saturated rings. The van der Waals surface area contributed by atoms with Gasteiger partial charge in [-0.15, -0.1) is 0 Å². The molecule has 6 nitrogen and oxygen atoms in total. The van der Waals surface area contributed by atoms with Crippen LogP contribution in [-0.4, -0.2) is 43.5 Å². The number of rotatable bonds is 8. The Morgan fingerprint density at radius 1 is 0.963 bits per heavy atom. The molecule has 0 aliphatic rings. The highest BCUT2D eigenvalue weighted by atomic mass is 16.5. The Morgan fingerprint density at radius 2 is 1.59 bits per heavy atom. The maximum absolute atomic E-state index is 12.2. The molecule has 0 heterocycles. The summed E-state index contributed by atoms with van der Waals surface area (Å²) >= 11 is 0. The molecule has 6 heteroatoms. The number of likely N-dealkylation sites (N-methyl/N-ethyl adjacent to an activating group) is 1. The molecule has 27 heavy (non-hydrogen) atoms. The first-order valence-corrected chi connectivity index (χ1v) is 8.96. The Morgan fingerprint density at radius 3 is 2.22 bits per heavy atom. The number of amides is 2. The molecule has 0 aliphatic heterocycles. The second-order valence-corrected chi connectivity index (χ2v) is 6.47. The van der Waals surface area contributed by atoms with Gasteiger partial charge >= 0.3 is 0 Å². The summed E-state index contributed by atoms with van der Waals surface area (Å²) < 4.78 is 5.37. The molecule has 144 valence electrons. The monoisotopic (exact) mass is 369 g/mol. The SMILES string of the molecule is CCOc1ccc(NC(=O)CN(C)CC(=O)Nc2cccc(C)c2C)cc1. The summed E-state index contributed by atoms with van der Waals surface area (Å²) in [5, 5.41) is 5.71. The highest BCUT2D eigenvalue weighted by molar-refractivity contribution is 5.95. The first-order chi connectivity index (χ1) is 12.9. The quantitative estimate of drug-likeness (QED) is 0.750. The Bertz CT molecular complexity index is 788. The van der Waals surface area contributed by atoms with Gasteiger partial charge in [0.1, 0.15) is 5.75 Å². The normalized spacial score (nSPS) is 10.6. The lowest BCUT2D eigenvalue weighted by molar-refractivity contribution is -0.119. The molecule has 0 radical (unpaired) electrons. The van der Waals surface area contributed by atoms with Crippen LogP contribution in [0.2, 0.25) is 0 Å². The molecule has 0 aliphatic carbocycles. The van der Waals surface area contributed by atoms with E-state index in [1.807, 2.05) is 39.0 Å². The molecule has 0 aromatic heterocycles. The third-order valence-corrected chi connectivity index (χ3v) is 4.15. The summed E-state index contributed by atoms with van der Waals surface area (Å²) in [6.07, 6.45) is 0. The Labute approximate surface area is 160 Å². The molecule has 2 rings (SSSR count). The molecule has 0 unspecified atom stereocenters. The van der Waals surface area contributed by atoms with Gasteiger partial charge in [0.25, 0.3) is 0 Å². The zero-order valence-electron chi connectivity index (χ0n) is 16.3. The van der Waals surface area contributed by atoms with Crippen molar-refractivity contribution in [3.63, 3.8) is 0 Å². The van der Waals surface area contributed by atoms with E-state index in [2.05, 4.69) is 10.6 Å². The minimum Gasteiger partial charge on any atom is -0.494 e. The van der Waals surface area contributed by atoms with Crippen LogP contribution < -0.4 is 15.4 Å². The van der Waals surface area contributed by atoms with Crippen molar-refractivity contribution in [3.05, 3.63) is 53.6 Å². The van der Waals surface area contributed by atoms with Crippen molar-refractivity contribution in [1.29, 1.82) is 0 Å². The lowest BCUT2D eigenvalue weighted by Gasteiger charge is -2.17. The largest absolute Gasteiger partial charge is 0.494 e. The summed E-state index contributed by atoms with van der Waals surface area (Å²) in [5.74, 6) is 0.428. The van der Waals surface area contributed by atoms with Gasteiger partial charge in [0.15, 0.2) is 0 Å². The smallest absolute Gasteiger partial charge is 0.238 e. The predicted molar refractivity (Wildman–Crippen MR) is 108 cm³/mol. The number of nitrogens with zero attached hydrogens (tertiary/aromatic N) is 1. The maximum Gasteiger partial charge on any atom is 0.238 e. The number of nitrogens with one attached hydrogen (secondary N) is 2. The summed E-state index contributed by atoms with van der Waals surface area (Å²) in [4.78, 5) is 26.1. The van der Waals surface area contributed by atoms with Crippen LogP contribution in [0.4, 0.5) is 11.4 Å². The van der Waals surface area contributed by atoms with Gasteiger partial charge in [-0.2, -0.15) is 0 Å². The fourth-order valence-electron chi connectivity index (χ4n) is 2.62. The van der Waals surface area contributed by atoms with E-state index in [1.54, 1.807) is 36.2 Å². The zero-order valence-corrected chi connectivity index (χ0v) is 16.3. The van der Waals surface area contributed by atoms with Crippen LogP contribution in [0.1, 0.15) is 18.1 Å². The van der Waals surface area contributed by atoms with E-state index in [9.17, 15) is 9.59 Å². The lowest BCUT2D eigenvalue weighted by atomic mass is 10.1. The molecular formula is C21H27N3O3. The second kappa shape index (κ2) is 9.73. The van der Waals surface area contributed by atoms with Crippen LogP contribution in [-0.2, 0) is 9.59 Å². The van der Waals surface area contributed by atoms with Crippen molar-refractivity contribution in [2.75, 3.05) is 37.4 Å². The fourth-order valence-corrected chi connectivity index (χ4v) is 2.62. The van der Waals surface area contributed by atoms with Crippen molar-refractivity contribution in [3.8, 4) is 5.75 Å². The van der Waals surface area contributed by atoms with Crippen molar-refractivity contribution in [1.82, 2.24) is 4.90 Å². The van der Waals surface area contributed by atoms with Crippen molar-refractivity contribution in [2.45, 2.75) is 20.8 Å². The lowest BCUT2D eigenvalue weighted by Crippen LogP contribution is -2.36. The van der Waals surface area contributed by atoms with Gasteiger partial charge in [-0.3, -0.25) is 14.5 Å². The van der Waals surface area contributed by atoms with Crippen LogP contribution in [0.3, 0.4) is 0 Å². The molecule has 2 aromatic rings. The van der Waals surface area contributed by atoms with Gasteiger partial charge in [-0.25, -0.2) is 0 Å². The molecule has 0 saturated heterocycles. The van der Waals surface area contributed by atoms with E-state index in [-0.39, 0.29) is 24.9 Å². The van der Waals surface area contributed by atoms with Gasteiger partial charge < -0.3 is 15.4 Å². The summed E-state index contributed by atoms with van der Waals surface area (Å²) in [6.45, 7) is 6.74. The van der Waals surface area contributed by atoms with Gasteiger partial charge in [0, 0.05) is 11.4 Å². The van der Waals surface area contributed by atoms with Crippen LogP contribution in [0.5, 0.6) is 5.75 Å². The van der Waals surface area contributed by atoms with Crippen molar-refractivity contribution < 1.29 is 14.3 Å². The molecule has 0 saturated carbocycles. The Balaban J connectivity index is 1.81. The van der Waals surface area contributed by atoms with Crippen molar-refractivity contribution >= 4 is 23.2 Å². The van der Waals surface area contributed by atoms with Crippen LogP contribution in [0.25, 0.3) is 0 Å². The van der Waals surface area contributed by atoms with Gasteiger partial charge in [-0.05, 0) is 69.3 Å². The number of carbonyl (C=O) groups excluding carboxylic acids is 2. The first-order valence-electron chi connectivity index (χ1n) is 8.96. The van der Waals surface area contributed by atoms with Gasteiger partial charge in [-0.1, -0.05) is 12.1 Å². The molecular weight excluding hydrogens is 342 g/mol. The molecule has 0 atom stereocenters. The number of anilines is 2. The third-order valence-electron chi connectivity index (χ3n) is 4.15. The molecule has 2 amide bonds. The molecule has 0 spiro atoms. The summed E-state index contributed by atoms with van der Waals surface area (Å²) in [5.41, 5.74) is 3.65. The molecule has 0 bridgehead atoms. The number of carbonyl (C=O) groups is 2. The molecule has 2 N–H and O–H groups in total. The highest BCUT2D eigenvalue weighted by Crippen LogP contribution is 2.18. The average molecular weight is 369 g/mol. The zero-order chi connectivity index (χ0) is 19.8. The number of hydrogen-bond donors (Lipinski definition) is 2. The van der Waals surface area contributed by atoms with E-state index in [1.165, 1.54) is 0 Å². The number of benzene rings is 2. The minimum absolute atomic E-state index is 0.118. The third kappa shape index (κ3) is 6.42. The van der Waals surface area contributed by atoms with E-state index in [4.69, 9.17) is 4.74 Å². The van der Waals surface area contributed by atoms with Crippen LogP contribution >= 0.6 is 0 Å². The number of hydrogen-bond acceptors (Lipinski definition) is 4. The first kappa shape index (κ1) is 20.5. The number of aryl methyl sites for hydroxylation is 1. The van der Waals surface area contributed by atoms with Crippen LogP contribution in [0, 0.1) is 13.8 Å². The summed E-state index contributed by atoms with van der Waals surface area (Å²) in [6, 6.07) is 13.0. The topological polar surface area (TPSA) is 70.7 Å². The van der Waals surface area contributed by atoms with Gasteiger partial charge in [0.2, 0.25) is 11.8 Å². The maximum atomic E-state index is 12.2. The second-order valence-electron chi connectivity index (χ2n) is 6.47. The standard InChI is InChI=1S/C21H27N3O3/c1-5-27-18-11-9-17(10-12-18)22-20(25)13-24(4)14-21(26)23-19-8-6-7-15(2)16(19)3/h6-12H,5,13-14H2,1-4H3,(H,22,25)(H,23,26). The molecule has 2 aromatic carbocycles.